The molecule has 4 saturated carbocycles. The van der Waals surface area contributed by atoms with Crippen molar-refractivity contribution >= 4 is 0 Å². The van der Waals surface area contributed by atoms with E-state index in [1.165, 1.54) is 0 Å². The molecule has 0 heterocycles. The molecular weight excluding hydrogens is 440 g/mol. The van der Waals surface area contributed by atoms with Crippen molar-refractivity contribution in [3.8, 4) is 0 Å². The second kappa shape index (κ2) is 8.40. The van der Waals surface area contributed by atoms with Gasteiger partial charge in [0.1, 0.15) is 0 Å². The van der Waals surface area contributed by atoms with Crippen LogP contribution in [0.3, 0.4) is 0 Å². The maximum Gasteiger partial charge on any atom is 0.0651 e. The average Bonchev–Trinajstić information content (AvgIpc) is 3.07. The first-order valence-corrected chi connectivity index (χ1v) is 14.3. The van der Waals surface area contributed by atoms with E-state index in [1.807, 2.05) is 20.8 Å². The van der Waals surface area contributed by atoms with Crippen molar-refractivity contribution in [1.82, 2.24) is 0 Å². The van der Waals surface area contributed by atoms with Crippen LogP contribution in [0.4, 0.5) is 0 Å². The Morgan fingerprint density at radius 2 is 1.43 bits per heavy atom. The van der Waals surface area contributed by atoms with Crippen LogP contribution in [0.25, 0.3) is 0 Å². The predicted octanol–water partition coefficient (Wildman–Crippen LogP) is 4.67. The summed E-state index contributed by atoms with van der Waals surface area (Å²) in [6, 6.07) is 0. The van der Waals surface area contributed by atoms with Gasteiger partial charge in [0.05, 0.1) is 29.5 Å². The minimum atomic E-state index is -0.894. The molecular formula is C30H54O5. The van der Waals surface area contributed by atoms with Crippen molar-refractivity contribution in [3.05, 3.63) is 0 Å². The lowest BCUT2D eigenvalue weighted by Gasteiger charge is -2.71. The lowest BCUT2D eigenvalue weighted by atomic mass is 9.34. The summed E-state index contributed by atoms with van der Waals surface area (Å²) in [7, 11) is 0. The van der Waals surface area contributed by atoms with Gasteiger partial charge in [0.25, 0.3) is 0 Å². The molecule has 5 heteroatoms. The third kappa shape index (κ3) is 4.06. The standard InChI is InChI=1S/C30H54O5/c1-25(2,34)12-9-13-30(8,35)18-10-15-28(6)23(18)19(31)16-21-27(5)14-11-22(33)26(3,4)24(27)20(32)17-29(21,28)7/h18-24,31-35H,9-17H2,1-8H3/t18?,19-,20+,21?,22+,23?,24?,27-,28-,29-,30-/m1/s1. The third-order valence-corrected chi connectivity index (χ3v) is 12.5. The van der Waals surface area contributed by atoms with Crippen LogP contribution in [0.1, 0.15) is 113 Å². The third-order valence-electron chi connectivity index (χ3n) is 12.5. The minimum Gasteiger partial charge on any atom is -0.393 e. The van der Waals surface area contributed by atoms with E-state index in [1.54, 1.807) is 0 Å². The van der Waals surface area contributed by atoms with Crippen LogP contribution < -0.4 is 0 Å². The molecule has 0 amide bonds. The highest BCUT2D eigenvalue weighted by Gasteiger charge is 2.72. The van der Waals surface area contributed by atoms with E-state index in [4.69, 9.17) is 0 Å². The van der Waals surface area contributed by atoms with Crippen molar-refractivity contribution in [2.24, 2.45) is 45.3 Å². The van der Waals surface area contributed by atoms with E-state index in [9.17, 15) is 25.5 Å². The van der Waals surface area contributed by atoms with Gasteiger partial charge in [-0.05, 0) is 124 Å². The Bertz CT molecular complexity index is 801. The lowest BCUT2D eigenvalue weighted by Crippen LogP contribution is -2.69. The molecule has 5 N–H and O–H groups in total. The molecule has 4 fully saturated rings. The SMILES string of the molecule is CC(C)(O)CCC[C@@](C)(O)C1CC[C@]2(C)C1[C@H](O)CC1[C@@]3(C)CC[C@H](O)C(C)(C)C3[C@@H](O)C[C@]12C. The van der Waals surface area contributed by atoms with E-state index in [0.717, 1.165) is 32.1 Å². The molecule has 204 valence electrons. The fourth-order valence-electron chi connectivity index (χ4n) is 10.7. The van der Waals surface area contributed by atoms with Crippen LogP contribution in [0.15, 0.2) is 0 Å². The van der Waals surface area contributed by atoms with Gasteiger partial charge >= 0.3 is 0 Å². The number of fused-ring (bicyclic) bond motifs is 5. The normalized spacial score (nSPS) is 51.2. The summed E-state index contributed by atoms with van der Waals surface area (Å²) in [5.74, 6) is 0.279. The molecule has 35 heavy (non-hydrogen) atoms. The van der Waals surface area contributed by atoms with Gasteiger partial charge in [-0.2, -0.15) is 0 Å². The fraction of sp³-hybridized carbons (Fsp3) is 1.00. The number of aliphatic hydroxyl groups excluding tert-OH is 3. The fourth-order valence-corrected chi connectivity index (χ4v) is 10.7. The molecule has 4 aliphatic carbocycles. The zero-order valence-electron chi connectivity index (χ0n) is 23.6. The van der Waals surface area contributed by atoms with Gasteiger partial charge in [0.2, 0.25) is 0 Å². The Labute approximate surface area is 213 Å². The van der Waals surface area contributed by atoms with Crippen molar-refractivity contribution in [2.75, 3.05) is 0 Å². The Hall–Kier alpha value is -0.200. The number of hydrogen-bond acceptors (Lipinski definition) is 5. The summed E-state index contributed by atoms with van der Waals surface area (Å²) in [4.78, 5) is 0. The summed E-state index contributed by atoms with van der Waals surface area (Å²) < 4.78 is 0. The molecule has 0 aliphatic heterocycles. The first-order chi connectivity index (χ1) is 15.8. The van der Waals surface area contributed by atoms with E-state index in [2.05, 4.69) is 34.6 Å². The summed E-state index contributed by atoms with van der Waals surface area (Å²) >= 11 is 0. The van der Waals surface area contributed by atoms with Crippen LogP contribution >= 0.6 is 0 Å². The largest absolute Gasteiger partial charge is 0.393 e. The highest BCUT2D eigenvalue weighted by Crippen LogP contribution is 2.75. The Kier molecular flexibility index (Phi) is 6.68. The molecule has 4 aliphatic rings. The second-order valence-electron chi connectivity index (χ2n) is 15.5. The zero-order chi connectivity index (χ0) is 26.4. The highest BCUT2D eigenvalue weighted by molar-refractivity contribution is 5.21. The minimum absolute atomic E-state index is 0.00423. The molecule has 0 radical (unpaired) electrons. The number of hydrogen-bond donors (Lipinski definition) is 5. The van der Waals surface area contributed by atoms with Gasteiger partial charge in [0.15, 0.2) is 0 Å². The molecule has 4 unspecified atom stereocenters. The van der Waals surface area contributed by atoms with Gasteiger partial charge < -0.3 is 25.5 Å². The van der Waals surface area contributed by atoms with Crippen molar-refractivity contribution in [3.63, 3.8) is 0 Å². The first kappa shape index (κ1) is 27.8. The number of rotatable bonds is 5. The molecule has 0 spiro atoms. The monoisotopic (exact) mass is 494 g/mol. The van der Waals surface area contributed by atoms with E-state index in [0.29, 0.717) is 25.7 Å². The molecule has 0 aromatic heterocycles. The molecule has 4 rings (SSSR count). The molecule has 11 atom stereocenters. The smallest absolute Gasteiger partial charge is 0.0651 e. The molecule has 5 nitrogen and oxygen atoms in total. The summed E-state index contributed by atoms with van der Waals surface area (Å²) in [5.41, 5.74) is -2.45. The molecule has 0 bridgehead atoms. The molecule has 0 saturated heterocycles. The van der Waals surface area contributed by atoms with E-state index in [-0.39, 0.29) is 45.3 Å². The van der Waals surface area contributed by atoms with Gasteiger partial charge in [-0.25, -0.2) is 0 Å². The van der Waals surface area contributed by atoms with Gasteiger partial charge in [-0.15, -0.1) is 0 Å². The molecule has 0 aromatic rings. The first-order valence-electron chi connectivity index (χ1n) is 14.3. The zero-order valence-corrected chi connectivity index (χ0v) is 23.6. The second-order valence-corrected chi connectivity index (χ2v) is 15.5. The van der Waals surface area contributed by atoms with Crippen molar-refractivity contribution in [1.29, 1.82) is 0 Å². The van der Waals surface area contributed by atoms with Crippen molar-refractivity contribution in [2.45, 2.75) is 143 Å². The van der Waals surface area contributed by atoms with Gasteiger partial charge in [-0.1, -0.05) is 34.6 Å². The van der Waals surface area contributed by atoms with E-state index < -0.39 is 29.5 Å². The van der Waals surface area contributed by atoms with E-state index >= 15 is 0 Å². The van der Waals surface area contributed by atoms with Gasteiger partial charge in [-0.3, -0.25) is 0 Å². The quantitative estimate of drug-likeness (QED) is 0.382. The highest BCUT2D eigenvalue weighted by atomic mass is 16.3. The average molecular weight is 495 g/mol. The topological polar surface area (TPSA) is 101 Å². The predicted molar refractivity (Wildman–Crippen MR) is 139 cm³/mol. The Balaban J connectivity index is 1.66. The van der Waals surface area contributed by atoms with Crippen LogP contribution in [-0.2, 0) is 0 Å². The summed E-state index contributed by atoms with van der Waals surface area (Å²) in [6.07, 6.45) is 5.51. The van der Waals surface area contributed by atoms with Gasteiger partial charge in [0, 0.05) is 0 Å². The Morgan fingerprint density at radius 1 is 0.800 bits per heavy atom. The Morgan fingerprint density at radius 3 is 2.03 bits per heavy atom. The van der Waals surface area contributed by atoms with Crippen molar-refractivity contribution < 1.29 is 25.5 Å². The van der Waals surface area contributed by atoms with Crippen LogP contribution in [0.5, 0.6) is 0 Å². The maximum absolute atomic E-state index is 11.8. The molecule has 0 aromatic carbocycles. The lowest BCUT2D eigenvalue weighted by molar-refractivity contribution is -0.274. The number of aliphatic hydroxyl groups is 5. The maximum atomic E-state index is 11.8. The van der Waals surface area contributed by atoms with Crippen LogP contribution in [0, 0.1) is 45.3 Å². The summed E-state index contributed by atoms with van der Waals surface area (Å²) in [5, 5.41) is 56.2. The van der Waals surface area contributed by atoms with Crippen LogP contribution in [0.2, 0.25) is 0 Å². The summed E-state index contributed by atoms with van der Waals surface area (Å²) in [6.45, 7) is 16.8. The van der Waals surface area contributed by atoms with Crippen LogP contribution in [-0.4, -0.2) is 55.0 Å².